The highest BCUT2D eigenvalue weighted by atomic mass is 32.1. The summed E-state index contributed by atoms with van der Waals surface area (Å²) in [6, 6.07) is 22.9. The molecular formula is C22H19N3O2S. The van der Waals surface area contributed by atoms with Crippen LogP contribution in [0.2, 0.25) is 0 Å². The summed E-state index contributed by atoms with van der Waals surface area (Å²) in [5, 5.41) is 26.9. The van der Waals surface area contributed by atoms with Crippen LogP contribution in [-0.2, 0) is 13.0 Å². The Labute approximate surface area is 167 Å². The second-order valence-electron chi connectivity index (χ2n) is 6.48. The third kappa shape index (κ3) is 3.54. The largest absolute Gasteiger partial charge is 0.508 e. The van der Waals surface area contributed by atoms with E-state index in [-0.39, 0.29) is 11.5 Å². The summed E-state index contributed by atoms with van der Waals surface area (Å²) in [5.41, 5.74) is 3.90. The third-order valence-corrected chi connectivity index (χ3v) is 5.00. The lowest BCUT2D eigenvalue weighted by Gasteiger charge is -2.12. The van der Waals surface area contributed by atoms with Crippen molar-refractivity contribution in [2.75, 3.05) is 0 Å². The second-order valence-corrected chi connectivity index (χ2v) is 6.87. The summed E-state index contributed by atoms with van der Waals surface area (Å²) >= 11 is 5.44. The fourth-order valence-electron chi connectivity index (χ4n) is 3.27. The fourth-order valence-corrected chi connectivity index (χ4v) is 3.50. The zero-order valence-corrected chi connectivity index (χ0v) is 15.9. The van der Waals surface area contributed by atoms with Crippen molar-refractivity contribution in [3.63, 3.8) is 0 Å². The minimum absolute atomic E-state index is 0.0404. The highest BCUT2D eigenvalue weighted by molar-refractivity contribution is 7.71. The molecule has 5 nitrogen and oxygen atoms in total. The summed E-state index contributed by atoms with van der Waals surface area (Å²) in [6.45, 7) is 0.548. The summed E-state index contributed by atoms with van der Waals surface area (Å²) in [5.74, 6) is 0.864. The van der Waals surface area contributed by atoms with Crippen molar-refractivity contribution in [3.8, 4) is 34.0 Å². The number of aryl methyl sites for hydroxylation is 1. The number of nitrogens with zero attached hydrogens (tertiary/aromatic N) is 2. The van der Waals surface area contributed by atoms with Crippen molar-refractivity contribution >= 4 is 12.2 Å². The summed E-state index contributed by atoms with van der Waals surface area (Å²) < 4.78 is 2.46. The maximum Gasteiger partial charge on any atom is 0.195 e. The lowest BCUT2D eigenvalue weighted by molar-refractivity contribution is 0.444. The number of aromatic nitrogens is 3. The van der Waals surface area contributed by atoms with Crippen LogP contribution >= 0.6 is 12.2 Å². The Balaban J connectivity index is 1.71. The first kappa shape index (κ1) is 18.0. The number of benzene rings is 3. The van der Waals surface area contributed by atoms with Crippen LogP contribution < -0.4 is 0 Å². The smallest absolute Gasteiger partial charge is 0.195 e. The van der Waals surface area contributed by atoms with Gasteiger partial charge in [-0.15, -0.1) is 0 Å². The highest BCUT2D eigenvalue weighted by Gasteiger charge is 2.14. The normalized spacial score (nSPS) is 10.9. The highest BCUT2D eigenvalue weighted by Crippen LogP contribution is 2.31. The first-order chi connectivity index (χ1) is 13.6. The predicted octanol–water partition coefficient (Wildman–Crippen LogP) is 4.93. The Morgan fingerprint density at radius 2 is 1.61 bits per heavy atom. The molecule has 0 unspecified atom stereocenters. The van der Waals surface area contributed by atoms with Gasteiger partial charge in [-0.25, -0.2) is 0 Å². The standard InChI is InChI=1S/C22H19N3O2S/c26-17-11-10-16(20(27)14-17)12-13-25-21(23-24-22(25)28)19-9-5-4-8-18(19)15-6-2-1-3-7-15/h1-11,14,26-27H,12-13H2,(H,24,28). The van der Waals surface area contributed by atoms with E-state index in [2.05, 4.69) is 28.4 Å². The van der Waals surface area contributed by atoms with Crippen molar-refractivity contribution < 1.29 is 10.2 Å². The molecule has 0 fully saturated rings. The van der Waals surface area contributed by atoms with E-state index in [1.54, 1.807) is 12.1 Å². The number of aromatic amines is 1. The summed E-state index contributed by atoms with van der Waals surface area (Å²) in [4.78, 5) is 0. The Hall–Kier alpha value is -3.38. The molecule has 0 amide bonds. The molecule has 0 aliphatic heterocycles. The van der Waals surface area contributed by atoms with Gasteiger partial charge < -0.3 is 10.2 Å². The van der Waals surface area contributed by atoms with Crippen LogP contribution in [-0.4, -0.2) is 25.0 Å². The van der Waals surface area contributed by atoms with Crippen LogP contribution in [0.3, 0.4) is 0 Å². The van der Waals surface area contributed by atoms with Gasteiger partial charge in [0, 0.05) is 18.2 Å². The van der Waals surface area contributed by atoms with Gasteiger partial charge in [-0.05, 0) is 41.4 Å². The molecule has 3 aromatic carbocycles. The molecule has 6 heteroatoms. The SMILES string of the molecule is Oc1ccc(CCn2c(-c3ccccc3-c3ccccc3)n[nH]c2=S)c(O)c1. The van der Waals surface area contributed by atoms with Gasteiger partial charge in [0.25, 0.3) is 0 Å². The molecule has 3 N–H and O–H groups in total. The van der Waals surface area contributed by atoms with Crippen molar-refractivity contribution in [1.82, 2.24) is 14.8 Å². The van der Waals surface area contributed by atoms with Gasteiger partial charge in [0.1, 0.15) is 11.5 Å². The van der Waals surface area contributed by atoms with Crippen molar-refractivity contribution in [1.29, 1.82) is 0 Å². The minimum Gasteiger partial charge on any atom is -0.508 e. The molecule has 0 saturated heterocycles. The molecule has 0 saturated carbocycles. The molecule has 140 valence electrons. The molecule has 1 heterocycles. The quantitative estimate of drug-likeness (QED) is 0.423. The molecule has 0 aliphatic rings. The number of aromatic hydroxyl groups is 2. The number of phenols is 2. The second kappa shape index (κ2) is 7.70. The molecule has 0 aliphatic carbocycles. The van der Waals surface area contributed by atoms with Gasteiger partial charge in [-0.2, -0.15) is 5.10 Å². The Morgan fingerprint density at radius 3 is 2.36 bits per heavy atom. The Morgan fingerprint density at radius 1 is 0.893 bits per heavy atom. The Bertz CT molecular complexity index is 1170. The molecule has 0 radical (unpaired) electrons. The molecule has 0 atom stereocenters. The van der Waals surface area contributed by atoms with E-state index in [9.17, 15) is 10.2 Å². The van der Waals surface area contributed by atoms with E-state index in [1.807, 2.05) is 41.0 Å². The first-order valence-electron chi connectivity index (χ1n) is 8.94. The minimum atomic E-state index is 0.0404. The van der Waals surface area contributed by atoms with E-state index in [0.717, 1.165) is 28.1 Å². The number of hydrogen-bond acceptors (Lipinski definition) is 4. The zero-order valence-electron chi connectivity index (χ0n) is 15.0. The van der Waals surface area contributed by atoms with Crippen LogP contribution in [0, 0.1) is 4.77 Å². The summed E-state index contributed by atoms with van der Waals surface area (Å²) in [7, 11) is 0. The number of nitrogens with one attached hydrogen (secondary N) is 1. The average molecular weight is 389 g/mol. The van der Waals surface area contributed by atoms with Crippen LogP contribution in [0.15, 0.2) is 72.8 Å². The van der Waals surface area contributed by atoms with Gasteiger partial charge in [0.2, 0.25) is 0 Å². The number of hydrogen-bond donors (Lipinski definition) is 3. The monoisotopic (exact) mass is 389 g/mol. The molecule has 0 bridgehead atoms. The molecular weight excluding hydrogens is 370 g/mol. The summed E-state index contributed by atoms with van der Waals surface area (Å²) in [6.07, 6.45) is 0.556. The first-order valence-corrected chi connectivity index (χ1v) is 9.35. The number of rotatable bonds is 5. The van der Waals surface area contributed by atoms with Crippen LogP contribution in [0.5, 0.6) is 11.5 Å². The van der Waals surface area contributed by atoms with E-state index in [0.29, 0.717) is 17.7 Å². The fraction of sp³-hybridized carbons (Fsp3) is 0.0909. The third-order valence-electron chi connectivity index (χ3n) is 4.68. The predicted molar refractivity (Wildman–Crippen MR) is 112 cm³/mol. The van der Waals surface area contributed by atoms with Crippen LogP contribution in [0.4, 0.5) is 0 Å². The lowest BCUT2D eigenvalue weighted by Crippen LogP contribution is -2.05. The number of H-pyrrole nitrogens is 1. The van der Waals surface area contributed by atoms with Gasteiger partial charge >= 0.3 is 0 Å². The van der Waals surface area contributed by atoms with Crippen LogP contribution in [0.1, 0.15) is 5.56 Å². The van der Waals surface area contributed by atoms with Crippen molar-refractivity contribution in [2.24, 2.45) is 0 Å². The Kier molecular flexibility index (Phi) is 4.95. The van der Waals surface area contributed by atoms with Gasteiger partial charge in [0.15, 0.2) is 10.6 Å². The number of phenolic OH excluding ortho intramolecular Hbond substituents is 2. The van der Waals surface area contributed by atoms with E-state index in [1.165, 1.54) is 6.07 Å². The van der Waals surface area contributed by atoms with Crippen LogP contribution in [0.25, 0.3) is 22.5 Å². The van der Waals surface area contributed by atoms with E-state index < -0.39 is 0 Å². The topological polar surface area (TPSA) is 74.1 Å². The average Bonchev–Trinajstić information content (AvgIpc) is 3.08. The van der Waals surface area contributed by atoms with Gasteiger partial charge in [0.05, 0.1) is 0 Å². The van der Waals surface area contributed by atoms with Crippen molar-refractivity contribution in [2.45, 2.75) is 13.0 Å². The van der Waals surface area contributed by atoms with Crippen molar-refractivity contribution in [3.05, 3.63) is 83.1 Å². The molecule has 28 heavy (non-hydrogen) atoms. The zero-order chi connectivity index (χ0) is 19.5. The molecule has 4 rings (SSSR count). The maximum absolute atomic E-state index is 10.0. The molecule has 1 aromatic heterocycles. The van der Waals surface area contributed by atoms with E-state index >= 15 is 0 Å². The van der Waals surface area contributed by atoms with Gasteiger partial charge in [-0.3, -0.25) is 9.67 Å². The maximum atomic E-state index is 10.0. The lowest BCUT2D eigenvalue weighted by atomic mass is 9.99. The molecule has 4 aromatic rings. The van der Waals surface area contributed by atoms with E-state index in [4.69, 9.17) is 12.2 Å². The van der Waals surface area contributed by atoms with Gasteiger partial charge in [-0.1, -0.05) is 60.7 Å². The molecule has 0 spiro atoms.